The Bertz CT molecular complexity index is 450. The molecule has 0 unspecified atom stereocenters. The Kier molecular flexibility index (Phi) is 3.71. The van der Waals surface area contributed by atoms with Crippen LogP contribution in [0.1, 0.15) is 40.7 Å². The van der Waals surface area contributed by atoms with Crippen molar-refractivity contribution in [2.24, 2.45) is 11.1 Å². The van der Waals surface area contributed by atoms with E-state index in [4.69, 9.17) is 5.73 Å². The second-order valence-electron chi connectivity index (χ2n) is 5.52. The normalized spacial score (nSPS) is 16.4. The third kappa shape index (κ3) is 2.91. The van der Waals surface area contributed by atoms with Crippen LogP contribution in [0, 0.1) is 19.3 Å². The molecule has 1 amide bonds. The Morgan fingerprint density at radius 2 is 2.06 bits per heavy atom. The van der Waals surface area contributed by atoms with E-state index >= 15 is 0 Å². The van der Waals surface area contributed by atoms with Crippen molar-refractivity contribution < 1.29 is 4.79 Å². The zero-order valence-electron chi connectivity index (χ0n) is 11.3. The Morgan fingerprint density at radius 1 is 1.33 bits per heavy atom. The lowest BCUT2D eigenvalue weighted by molar-refractivity contribution is 0.0944. The SMILES string of the molecule is Cc1ccc(C(=O)NCC2(CCN)CC2)cc1C. The Morgan fingerprint density at radius 3 is 2.61 bits per heavy atom. The van der Waals surface area contributed by atoms with Crippen molar-refractivity contribution in [1.82, 2.24) is 5.32 Å². The molecule has 0 saturated heterocycles. The number of aryl methyl sites for hydroxylation is 2. The van der Waals surface area contributed by atoms with Gasteiger partial charge in [0, 0.05) is 12.1 Å². The highest BCUT2D eigenvalue weighted by Gasteiger charge is 2.41. The quantitative estimate of drug-likeness (QED) is 0.836. The number of benzene rings is 1. The van der Waals surface area contributed by atoms with E-state index in [2.05, 4.69) is 12.2 Å². The Labute approximate surface area is 109 Å². The molecule has 1 saturated carbocycles. The molecule has 2 rings (SSSR count). The van der Waals surface area contributed by atoms with Crippen LogP contribution in [0.5, 0.6) is 0 Å². The zero-order chi connectivity index (χ0) is 13.2. The van der Waals surface area contributed by atoms with E-state index in [1.807, 2.05) is 25.1 Å². The molecule has 0 atom stereocenters. The van der Waals surface area contributed by atoms with Crippen LogP contribution in [0.3, 0.4) is 0 Å². The first-order valence-corrected chi connectivity index (χ1v) is 6.62. The van der Waals surface area contributed by atoms with E-state index in [1.165, 1.54) is 18.4 Å². The molecule has 98 valence electrons. The van der Waals surface area contributed by atoms with Gasteiger partial charge in [0.25, 0.3) is 5.91 Å². The van der Waals surface area contributed by atoms with Gasteiger partial charge in [-0.25, -0.2) is 0 Å². The van der Waals surface area contributed by atoms with Crippen LogP contribution in [-0.4, -0.2) is 19.0 Å². The van der Waals surface area contributed by atoms with Crippen molar-refractivity contribution in [2.45, 2.75) is 33.1 Å². The van der Waals surface area contributed by atoms with Gasteiger partial charge in [-0.15, -0.1) is 0 Å². The molecule has 0 heterocycles. The monoisotopic (exact) mass is 246 g/mol. The molecule has 0 spiro atoms. The Hall–Kier alpha value is -1.35. The summed E-state index contributed by atoms with van der Waals surface area (Å²) in [6, 6.07) is 5.84. The van der Waals surface area contributed by atoms with Gasteiger partial charge in [-0.1, -0.05) is 6.07 Å². The van der Waals surface area contributed by atoms with Crippen LogP contribution in [0.2, 0.25) is 0 Å². The van der Waals surface area contributed by atoms with Gasteiger partial charge in [0.15, 0.2) is 0 Å². The molecule has 1 aliphatic rings. The standard InChI is InChI=1S/C15H22N2O/c1-11-3-4-13(9-12(11)2)14(18)17-10-15(5-6-15)7-8-16/h3-4,9H,5-8,10,16H2,1-2H3,(H,17,18). The molecule has 0 bridgehead atoms. The van der Waals surface area contributed by atoms with Gasteiger partial charge >= 0.3 is 0 Å². The maximum atomic E-state index is 12.0. The lowest BCUT2D eigenvalue weighted by Gasteiger charge is -2.15. The van der Waals surface area contributed by atoms with Gasteiger partial charge in [0.2, 0.25) is 0 Å². The molecule has 3 N–H and O–H groups in total. The largest absolute Gasteiger partial charge is 0.351 e. The second-order valence-corrected chi connectivity index (χ2v) is 5.52. The smallest absolute Gasteiger partial charge is 0.251 e. The van der Waals surface area contributed by atoms with E-state index in [0.717, 1.165) is 24.1 Å². The predicted octanol–water partition coefficient (Wildman–Crippen LogP) is 2.16. The first-order chi connectivity index (χ1) is 8.56. The molecule has 0 aliphatic heterocycles. The van der Waals surface area contributed by atoms with Crippen molar-refractivity contribution in [3.8, 4) is 0 Å². The minimum Gasteiger partial charge on any atom is -0.351 e. The van der Waals surface area contributed by atoms with Gasteiger partial charge in [-0.2, -0.15) is 0 Å². The van der Waals surface area contributed by atoms with Gasteiger partial charge in [0.1, 0.15) is 0 Å². The van der Waals surface area contributed by atoms with Crippen molar-refractivity contribution in [3.63, 3.8) is 0 Å². The van der Waals surface area contributed by atoms with E-state index in [9.17, 15) is 4.79 Å². The summed E-state index contributed by atoms with van der Waals surface area (Å²) >= 11 is 0. The number of rotatable bonds is 5. The maximum Gasteiger partial charge on any atom is 0.251 e. The minimum atomic E-state index is 0.0291. The van der Waals surface area contributed by atoms with Gasteiger partial charge in [0.05, 0.1) is 0 Å². The van der Waals surface area contributed by atoms with Crippen molar-refractivity contribution >= 4 is 5.91 Å². The molecule has 3 nitrogen and oxygen atoms in total. The number of carbonyl (C=O) groups is 1. The lowest BCUT2D eigenvalue weighted by Crippen LogP contribution is -2.31. The average molecular weight is 246 g/mol. The summed E-state index contributed by atoms with van der Waals surface area (Å²) in [7, 11) is 0. The molecule has 3 heteroatoms. The number of nitrogens with one attached hydrogen (secondary N) is 1. The first-order valence-electron chi connectivity index (χ1n) is 6.62. The van der Waals surface area contributed by atoms with Crippen LogP contribution in [0.4, 0.5) is 0 Å². The zero-order valence-corrected chi connectivity index (χ0v) is 11.3. The molecular formula is C15H22N2O. The van der Waals surface area contributed by atoms with Crippen molar-refractivity contribution in [1.29, 1.82) is 0 Å². The summed E-state index contributed by atoms with van der Waals surface area (Å²) in [5.74, 6) is 0.0291. The summed E-state index contributed by atoms with van der Waals surface area (Å²) in [6.07, 6.45) is 3.40. The van der Waals surface area contributed by atoms with Crippen molar-refractivity contribution in [3.05, 3.63) is 34.9 Å². The fourth-order valence-electron chi connectivity index (χ4n) is 2.25. The van der Waals surface area contributed by atoms with E-state index < -0.39 is 0 Å². The second kappa shape index (κ2) is 5.11. The summed E-state index contributed by atoms with van der Waals surface area (Å²) in [6.45, 7) is 5.55. The molecule has 1 aliphatic carbocycles. The van der Waals surface area contributed by atoms with E-state index in [-0.39, 0.29) is 5.91 Å². The molecule has 1 aromatic carbocycles. The Balaban J connectivity index is 1.93. The maximum absolute atomic E-state index is 12.0. The predicted molar refractivity (Wildman–Crippen MR) is 73.6 cm³/mol. The lowest BCUT2D eigenvalue weighted by atomic mass is 10.0. The third-order valence-electron chi connectivity index (χ3n) is 4.02. The number of hydrogen-bond acceptors (Lipinski definition) is 2. The van der Waals surface area contributed by atoms with Gasteiger partial charge < -0.3 is 11.1 Å². The first kappa shape index (κ1) is 13.1. The number of amides is 1. The summed E-state index contributed by atoms with van der Waals surface area (Å²) in [4.78, 5) is 12.0. The molecule has 0 radical (unpaired) electrons. The summed E-state index contributed by atoms with van der Waals surface area (Å²) < 4.78 is 0. The number of nitrogens with two attached hydrogens (primary N) is 1. The van der Waals surface area contributed by atoms with E-state index in [1.54, 1.807) is 0 Å². The van der Waals surface area contributed by atoms with Crippen LogP contribution in [0.25, 0.3) is 0 Å². The highest BCUT2D eigenvalue weighted by atomic mass is 16.1. The molecule has 1 aromatic rings. The molecule has 0 aromatic heterocycles. The molecule has 1 fully saturated rings. The highest BCUT2D eigenvalue weighted by molar-refractivity contribution is 5.94. The third-order valence-corrected chi connectivity index (χ3v) is 4.02. The number of hydrogen-bond donors (Lipinski definition) is 2. The minimum absolute atomic E-state index is 0.0291. The van der Waals surface area contributed by atoms with E-state index in [0.29, 0.717) is 12.0 Å². The van der Waals surface area contributed by atoms with Crippen LogP contribution in [0.15, 0.2) is 18.2 Å². The van der Waals surface area contributed by atoms with Crippen LogP contribution in [-0.2, 0) is 0 Å². The topological polar surface area (TPSA) is 55.1 Å². The average Bonchev–Trinajstić information content (AvgIpc) is 3.11. The fourth-order valence-corrected chi connectivity index (χ4v) is 2.25. The van der Waals surface area contributed by atoms with Gasteiger partial charge in [-0.3, -0.25) is 4.79 Å². The molecule has 18 heavy (non-hydrogen) atoms. The van der Waals surface area contributed by atoms with Crippen LogP contribution >= 0.6 is 0 Å². The number of carbonyl (C=O) groups excluding carboxylic acids is 1. The highest BCUT2D eigenvalue weighted by Crippen LogP contribution is 2.47. The van der Waals surface area contributed by atoms with Crippen LogP contribution < -0.4 is 11.1 Å². The fraction of sp³-hybridized carbons (Fsp3) is 0.533. The van der Waals surface area contributed by atoms with Gasteiger partial charge in [-0.05, 0) is 68.3 Å². The summed E-state index contributed by atoms with van der Waals surface area (Å²) in [5.41, 5.74) is 9.02. The summed E-state index contributed by atoms with van der Waals surface area (Å²) in [5, 5.41) is 3.04. The van der Waals surface area contributed by atoms with Crippen molar-refractivity contribution in [2.75, 3.05) is 13.1 Å². The molecular weight excluding hydrogens is 224 g/mol.